The van der Waals surface area contributed by atoms with Gasteiger partial charge in [-0.3, -0.25) is 0 Å². The van der Waals surface area contributed by atoms with Gasteiger partial charge in [-0.15, -0.1) is 0 Å². The number of nitrogens with one attached hydrogen (secondary N) is 1. The molecule has 0 aliphatic heterocycles. The summed E-state index contributed by atoms with van der Waals surface area (Å²) in [6.45, 7) is 4.43. The van der Waals surface area contributed by atoms with Crippen molar-refractivity contribution in [1.29, 1.82) is 0 Å². The van der Waals surface area contributed by atoms with E-state index in [0.717, 1.165) is 39.7 Å². The zero-order valence-electron chi connectivity index (χ0n) is 15.7. The van der Waals surface area contributed by atoms with Crippen molar-refractivity contribution < 1.29 is 14.2 Å². The monoisotopic (exact) mass is 356 g/mol. The lowest BCUT2D eigenvalue weighted by molar-refractivity contribution is -0.0914. The molecule has 0 atom stereocenters. The van der Waals surface area contributed by atoms with Crippen LogP contribution in [0, 0.1) is 13.8 Å². The van der Waals surface area contributed by atoms with Gasteiger partial charge in [-0.2, -0.15) is 9.61 Å². The average Bonchev–Trinajstić information content (AvgIpc) is 2.98. The molecule has 0 fully saturated rings. The summed E-state index contributed by atoms with van der Waals surface area (Å²) in [6.07, 6.45) is -0.344. The highest BCUT2D eigenvalue weighted by Crippen LogP contribution is 2.35. The minimum absolute atomic E-state index is 0.344. The highest BCUT2D eigenvalue weighted by atomic mass is 16.7. The Morgan fingerprint density at radius 1 is 1.12 bits per heavy atom. The molecule has 0 unspecified atom stereocenters. The maximum Gasteiger partial charge on any atom is 0.173 e. The van der Waals surface area contributed by atoms with Gasteiger partial charge in [0.2, 0.25) is 0 Å². The summed E-state index contributed by atoms with van der Waals surface area (Å²) in [6, 6.07) is 9.84. The largest absolute Gasteiger partial charge is 0.496 e. The fourth-order valence-corrected chi connectivity index (χ4v) is 2.99. The fourth-order valence-electron chi connectivity index (χ4n) is 2.99. The molecule has 0 aliphatic carbocycles. The van der Waals surface area contributed by atoms with Gasteiger partial charge in [-0.25, -0.2) is 4.98 Å². The molecule has 0 bridgehead atoms. The van der Waals surface area contributed by atoms with E-state index >= 15 is 0 Å². The van der Waals surface area contributed by atoms with E-state index in [9.17, 15) is 0 Å². The Hall–Kier alpha value is -2.64. The van der Waals surface area contributed by atoms with Gasteiger partial charge in [-0.1, -0.05) is 18.2 Å². The van der Waals surface area contributed by atoms with Crippen molar-refractivity contribution in [2.75, 3.05) is 33.2 Å². The summed E-state index contributed by atoms with van der Waals surface area (Å²) in [4.78, 5) is 4.72. The van der Waals surface area contributed by atoms with Gasteiger partial charge in [0.05, 0.1) is 24.9 Å². The van der Waals surface area contributed by atoms with E-state index < -0.39 is 0 Å². The van der Waals surface area contributed by atoms with Crippen LogP contribution in [0.25, 0.3) is 16.8 Å². The van der Waals surface area contributed by atoms with E-state index in [1.807, 2.05) is 48.7 Å². The lowest BCUT2D eigenvalue weighted by atomic mass is 10.1. The van der Waals surface area contributed by atoms with Gasteiger partial charge in [-0.05, 0) is 19.9 Å². The molecule has 2 heterocycles. The second-order valence-corrected chi connectivity index (χ2v) is 5.96. The second-order valence-electron chi connectivity index (χ2n) is 5.96. The SMILES string of the molecule is COc1ccccc1-c1c(C)nn2c(NCC(OC)OC)cc(C)nc12. The highest BCUT2D eigenvalue weighted by molar-refractivity contribution is 5.84. The topological polar surface area (TPSA) is 69.9 Å². The molecule has 0 spiro atoms. The number of benzene rings is 1. The van der Waals surface area contributed by atoms with Crippen molar-refractivity contribution in [3.63, 3.8) is 0 Å². The molecule has 0 amide bonds. The first-order valence-corrected chi connectivity index (χ1v) is 8.38. The smallest absolute Gasteiger partial charge is 0.173 e. The third-order valence-corrected chi connectivity index (χ3v) is 4.24. The number of rotatable bonds is 7. The van der Waals surface area contributed by atoms with Crippen LogP contribution in [0.2, 0.25) is 0 Å². The van der Waals surface area contributed by atoms with E-state index in [-0.39, 0.29) is 6.29 Å². The Labute approximate surface area is 152 Å². The van der Waals surface area contributed by atoms with Crippen LogP contribution < -0.4 is 10.1 Å². The molecule has 3 aromatic rings. The minimum atomic E-state index is -0.344. The summed E-state index contributed by atoms with van der Waals surface area (Å²) in [5.74, 6) is 1.62. The third kappa shape index (κ3) is 3.36. The first-order chi connectivity index (χ1) is 12.6. The molecule has 7 heteroatoms. The Bertz CT molecular complexity index is 903. The Kier molecular flexibility index (Phi) is 5.39. The van der Waals surface area contributed by atoms with Crippen LogP contribution in [0.15, 0.2) is 30.3 Å². The molecular formula is C19H24N4O3. The maximum atomic E-state index is 5.53. The Morgan fingerprint density at radius 2 is 1.85 bits per heavy atom. The quantitative estimate of drug-likeness (QED) is 0.656. The van der Waals surface area contributed by atoms with E-state index in [2.05, 4.69) is 5.32 Å². The number of anilines is 1. The molecule has 26 heavy (non-hydrogen) atoms. The number of hydrogen-bond acceptors (Lipinski definition) is 6. The number of para-hydroxylation sites is 1. The van der Waals surface area contributed by atoms with Crippen molar-refractivity contribution in [3.05, 3.63) is 41.7 Å². The summed E-state index contributed by atoms with van der Waals surface area (Å²) in [7, 11) is 4.89. The summed E-state index contributed by atoms with van der Waals surface area (Å²) in [5.41, 5.74) is 4.48. The highest BCUT2D eigenvalue weighted by Gasteiger charge is 2.19. The molecule has 1 aromatic carbocycles. The van der Waals surface area contributed by atoms with Gasteiger partial charge >= 0.3 is 0 Å². The molecule has 3 rings (SSSR count). The van der Waals surface area contributed by atoms with Crippen LogP contribution in [0.3, 0.4) is 0 Å². The predicted molar refractivity (Wildman–Crippen MR) is 101 cm³/mol. The second kappa shape index (κ2) is 7.72. The van der Waals surface area contributed by atoms with Crippen LogP contribution in [-0.4, -0.2) is 48.8 Å². The normalized spacial score (nSPS) is 11.3. The van der Waals surface area contributed by atoms with Crippen molar-refractivity contribution >= 4 is 11.5 Å². The number of nitrogens with zero attached hydrogens (tertiary/aromatic N) is 3. The Balaban J connectivity index is 2.11. The van der Waals surface area contributed by atoms with Crippen LogP contribution in [0.4, 0.5) is 5.82 Å². The number of fused-ring (bicyclic) bond motifs is 1. The fraction of sp³-hybridized carbons (Fsp3) is 0.368. The number of hydrogen-bond donors (Lipinski definition) is 1. The molecule has 0 saturated heterocycles. The zero-order valence-corrected chi connectivity index (χ0v) is 15.7. The van der Waals surface area contributed by atoms with Crippen LogP contribution in [0.1, 0.15) is 11.4 Å². The van der Waals surface area contributed by atoms with E-state index in [4.69, 9.17) is 24.3 Å². The molecule has 0 saturated carbocycles. The average molecular weight is 356 g/mol. The van der Waals surface area contributed by atoms with E-state index in [0.29, 0.717) is 6.54 Å². The molecule has 2 aromatic heterocycles. The molecule has 7 nitrogen and oxygen atoms in total. The third-order valence-electron chi connectivity index (χ3n) is 4.24. The van der Waals surface area contributed by atoms with Crippen LogP contribution >= 0.6 is 0 Å². The van der Waals surface area contributed by atoms with Crippen molar-refractivity contribution in [2.24, 2.45) is 0 Å². The first kappa shape index (κ1) is 18.2. The van der Waals surface area contributed by atoms with E-state index in [1.165, 1.54) is 0 Å². The van der Waals surface area contributed by atoms with Gasteiger partial charge in [0.15, 0.2) is 11.9 Å². The standard InChI is InChI=1S/C19H24N4O3/c1-12-10-16(20-11-17(25-4)26-5)23-19(21-12)18(13(2)22-23)14-8-6-7-9-15(14)24-3/h6-10,17,20H,11H2,1-5H3. The van der Waals surface area contributed by atoms with Crippen molar-refractivity contribution in [2.45, 2.75) is 20.1 Å². The molecule has 1 N–H and O–H groups in total. The lowest BCUT2D eigenvalue weighted by Crippen LogP contribution is -2.24. The number of aryl methyl sites for hydroxylation is 2. The summed E-state index contributed by atoms with van der Waals surface area (Å²) < 4.78 is 17.8. The molecule has 138 valence electrons. The molecular weight excluding hydrogens is 332 g/mol. The van der Waals surface area contributed by atoms with Gasteiger partial charge in [0.25, 0.3) is 0 Å². The molecule has 0 aliphatic rings. The summed E-state index contributed by atoms with van der Waals surface area (Å²) >= 11 is 0. The number of aromatic nitrogens is 3. The zero-order chi connectivity index (χ0) is 18.7. The number of ether oxygens (including phenoxy) is 3. The van der Waals surface area contributed by atoms with Gasteiger partial charge < -0.3 is 19.5 Å². The van der Waals surface area contributed by atoms with E-state index in [1.54, 1.807) is 21.3 Å². The van der Waals surface area contributed by atoms with Crippen molar-refractivity contribution in [1.82, 2.24) is 14.6 Å². The number of methoxy groups -OCH3 is 3. The van der Waals surface area contributed by atoms with Gasteiger partial charge in [0.1, 0.15) is 11.6 Å². The van der Waals surface area contributed by atoms with Crippen LogP contribution in [-0.2, 0) is 9.47 Å². The predicted octanol–water partition coefficient (Wildman–Crippen LogP) is 3.05. The molecule has 0 radical (unpaired) electrons. The maximum absolute atomic E-state index is 5.53. The first-order valence-electron chi connectivity index (χ1n) is 8.38. The van der Waals surface area contributed by atoms with Crippen molar-refractivity contribution in [3.8, 4) is 16.9 Å². The summed E-state index contributed by atoms with van der Waals surface area (Å²) in [5, 5.41) is 8.02. The lowest BCUT2D eigenvalue weighted by Gasteiger charge is -2.16. The van der Waals surface area contributed by atoms with Gasteiger partial charge in [0, 0.05) is 31.5 Å². The van der Waals surface area contributed by atoms with Crippen LogP contribution in [0.5, 0.6) is 5.75 Å². The Morgan fingerprint density at radius 3 is 2.54 bits per heavy atom. The minimum Gasteiger partial charge on any atom is -0.496 e.